The molecule has 0 aliphatic rings. The molecule has 0 atom stereocenters. The van der Waals surface area contributed by atoms with Gasteiger partial charge in [0, 0.05) is 25.0 Å². The summed E-state index contributed by atoms with van der Waals surface area (Å²) in [5.74, 6) is -0.274. The van der Waals surface area contributed by atoms with Gasteiger partial charge in [-0.3, -0.25) is 4.79 Å². The Bertz CT molecular complexity index is 419. The predicted molar refractivity (Wildman–Crippen MR) is 72.8 cm³/mol. The SMILES string of the molecule is COCCNC(=O)CNC(=O)Nc1ccc(N)cc1. The van der Waals surface area contributed by atoms with Gasteiger partial charge in [0.2, 0.25) is 5.91 Å². The van der Waals surface area contributed by atoms with E-state index in [1.807, 2.05) is 0 Å². The summed E-state index contributed by atoms with van der Waals surface area (Å²) in [4.78, 5) is 22.8. The van der Waals surface area contributed by atoms with Crippen LogP contribution in [0, 0.1) is 0 Å². The molecule has 0 aromatic heterocycles. The molecule has 0 aliphatic carbocycles. The molecule has 7 heteroatoms. The maximum absolute atomic E-state index is 11.5. The van der Waals surface area contributed by atoms with Crippen LogP contribution in [0.25, 0.3) is 0 Å². The Labute approximate surface area is 111 Å². The second-order valence-corrected chi connectivity index (χ2v) is 3.77. The van der Waals surface area contributed by atoms with E-state index in [0.717, 1.165) is 0 Å². The van der Waals surface area contributed by atoms with E-state index in [1.165, 1.54) is 0 Å². The van der Waals surface area contributed by atoms with Crippen molar-refractivity contribution < 1.29 is 14.3 Å². The van der Waals surface area contributed by atoms with Crippen molar-refractivity contribution in [2.45, 2.75) is 0 Å². The van der Waals surface area contributed by atoms with E-state index >= 15 is 0 Å². The molecule has 7 nitrogen and oxygen atoms in total. The molecule has 0 saturated heterocycles. The highest BCUT2D eigenvalue weighted by molar-refractivity contribution is 5.92. The number of hydrogen-bond donors (Lipinski definition) is 4. The number of anilines is 2. The van der Waals surface area contributed by atoms with Gasteiger partial charge in [0.05, 0.1) is 13.2 Å². The van der Waals surface area contributed by atoms with Gasteiger partial charge in [0.15, 0.2) is 0 Å². The Morgan fingerprint density at radius 3 is 2.53 bits per heavy atom. The van der Waals surface area contributed by atoms with E-state index in [4.69, 9.17) is 10.5 Å². The van der Waals surface area contributed by atoms with Crippen LogP contribution < -0.4 is 21.7 Å². The highest BCUT2D eigenvalue weighted by atomic mass is 16.5. The van der Waals surface area contributed by atoms with Crippen molar-refractivity contribution in [1.29, 1.82) is 0 Å². The van der Waals surface area contributed by atoms with Crippen molar-refractivity contribution >= 4 is 23.3 Å². The number of methoxy groups -OCH3 is 1. The minimum atomic E-state index is -0.452. The summed E-state index contributed by atoms with van der Waals surface area (Å²) in [5.41, 5.74) is 6.74. The van der Waals surface area contributed by atoms with E-state index in [0.29, 0.717) is 24.5 Å². The van der Waals surface area contributed by atoms with Crippen molar-refractivity contribution in [3.05, 3.63) is 24.3 Å². The van der Waals surface area contributed by atoms with E-state index in [1.54, 1.807) is 31.4 Å². The number of nitrogens with two attached hydrogens (primary N) is 1. The molecule has 1 aromatic carbocycles. The maximum Gasteiger partial charge on any atom is 0.319 e. The van der Waals surface area contributed by atoms with Gasteiger partial charge in [-0.15, -0.1) is 0 Å². The normalized spacial score (nSPS) is 9.74. The van der Waals surface area contributed by atoms with Crippen molar-refractivity contribution in [3.63, 3.8) is 0 Å². The Morgan fingerprint density at radius 2 is 1.89 bits per heavy atom. The highest BCUT2D eigenvalue weighted by Gasteiger charge is 2.04. The number of nitrogens with one attached hydrogen (secondary N) is 3. The van der Waals surface area contributed by atoms with E-state index in [-0.39, 0.29) is 12.5 Å². The molecule has 0 saturated carbocycles. The standard InChI is InChI=1S/C12H18N4O3/c1-19-7-6-14-11(17)8-15-12(18)16-10-4-2-9(13)3-5-10/h2-5H,6-8,13H2,1H3,(H,14,17)(H2,15,16,18). The molecule has 0 heterocycles. The van der Waals surface area contributed by atoms with E-state index in [2.05, 4.69) is 16.0 Å². The molecule has 0 aliphatic heterocycles. The molecule has 5 N–H and O–H groups in total. The fourth-order valence-electron chi connectivity index (χ4n) is 1.26. The number of ether oxygens (including phenoxy) is 1. The lowest BCUT2D eigenvalue weighted by atomic mass is 10.3. The van der Waals surface area contributed by atoms with Crippen molar-refractivity contribution in [2.24, 2.45) is 0 Å². The Morgan fingerprint density at radius 1 is 1.21 bits per heavy atom. The number of nitrogen functional groups attached to an aromatic ring is 1. The summed E-state index contributed by atoms with van der Waals surface area (Å²) < 4.78 is 4.78. The van der Waals surface area contributed by atoms with Gasteiger partial charge >= 0.3 is 6.03 Å². The fraction of sp³-hybridized carbons (Fsp3) is 0.333. The average Bonchev–Trinajstić information content (AvgIpc) is 2.39. The first-order chi connectivity index (χ1) is 9.11. The minimum absolute atomic E-state index is 0.0927. The first kappa shape index (κ1) is 14.8. The van der Waals surface area contributed by atoms with Crippen LogP contribution in [0.2, 0.25) is 0 Å². The number of urea groups is 1. The van der Waals surface area contributed by atoms with E-state index in [9.17, 15) is 9.59 Å². The molecule has 0 unspecified atom stereocenters. The summed E-state index contributed by atoms with van der Waals surface area (Å²) in [6.07, 6.45) is 0. The highest BCUT2D eigenvalue weighted by Crippen LogP contribution is 2.09. The van der Waals surface area contributed by atoms with Crippen LogP contribution in [-0.2, 0) is 9.53 Å². The van der Waals surface area contributed by atoms with Crippen LogP contribution in [0.5, 0.6) is 0 Å². The van der Waals surface area contributed by atoms with Crippen molar-refractivity contribution in [1.82, 2.24) is 10.6 Å². The lowest BCUT2D eigenvalue weighted by molar-refractivity contribution is -0.120. The lowest BCUT2D eigenvalue weighted by Crippen LogP contribution is -2.39. The Kier molecular flexibility index (Phi) is 6.17. The van der Waals surface area contributed by atoms with Gasteiger partial charge in [0.25, 0.3) is 0 Å². The molecule has 1 rings (SSSR count). The van der Waals surface area contributed by atoms with Gasteiger partial charge in [-0.1, -0.05) is 0 Å². The number of carbonyl (C=O) groups is 2. The number of hydrogen-bond acceptors (Lipinski definition) is 4. The zero-order valence-corrected chi connectivity index (χ0v) is 10.7. The van der Waals surface area contributed by atoms with Crippen LogP contribution >= 0.6 is 0 Å². The molecule has 0 radical (unpaired) electrons. The molecule has 0 bridgehead atoms. The van der Waals surface area contributed by atoms with Gasteiger partial charge in [0.1, 0.15) is 0 Å². The zero-order chi connectivity index (χ0) is 14.1. The summed E-state index contributed by atoms with van der Waals surface area (Å²) >= 11 is 0. The zero-order valence-electron chi connectivity index (χ0n) is 10.7. The van der Waals surface area contributed by atoms with Crippen LogP contribution in [0.3, 0.4) is 0 Å². The minimum Gasteiger partial charge on any atom is -0.399 e. The third kappa shape index (κ3) is 6.27. The number of benzene rings is 1. The summed E-state index contributed by atoms with van der Waals surface area (Å²) in [5, 5.41) is 7.61. The molecular formula is C12H18N4O3. The lowest BCUT2D eigenvalue weighted by Gasteiger charge is -2.08. The molecule has 1 aromatic rings. The maximum atomic E-state index is 11.5. The molecule has 3 amide bonds. The molecule has 0 spiro atoms. The quantitative estimate of drug-likeness (QED) is 0.434. The predicted octanol–water partition coefficient (Wildman–Crippen LogP) is 0.153. The van der Waals surface area contributed by atoms with Crippen LogP contribution in [0.15, 0.2) is 24.3 Å². The van der Waals surface area contributed by atoms with Gasteiger partial charge in [-0.05, 0) is 24.3 Å². The first-order valence-electron chi connectivity index (χ1n) is 5.78. The summed E-state index contributed by atoms with van der Waals surface area (Å²) in [6, 6.07) is 6.24. The Balaban J connectivity index is 2.24. The van der Waals surface area contributed by atoms with Gasteiger partial charge < -0.3 is 26.4 Å². The molecule has 104 valence electrons. The van der Waals surface area contributed by atoms with Gasteiger partial charge in [-0.25, -0.2) is 4.79 Å². The first-order valence-corrected chi connectivity index (χ1v) is 5.78. The van der Waals surface area contributed by atoms with Gasteiger partial charge in [-0.2, -0.15) is 0 Å². The fourth-order valence-corrected chi connectivity index (χ4v) is 1.26. The molecular weight excluding hydrogens is 248 g/mol. The average molecular weight is 266 g/mol. The van der Waals surface area contributed by atoms with Crippen LogP contribution in [0.1, 0.15) is 0 Å². The van der Waals surface area contributed by atoms with Crippen molar-refractivity contribution in [2.75, 3.05) is 37.9 Å². The summed E-state index contributed by atoms with van der Waals surface area (Å²) in [7, 11) is 1.55. The third-order valence-corrected chi connectivity index (χ3v) is 2.21. The largest absolute Gasteiger partial charge is 0.399 e. The molecule has 0 fully saturated rings. The van der Waals surface area contributed by atoms with E-state index < -0.39 is 6.03 Å². The summed E-state index contributed by atoms with van der Waals surface area (Å²) in [6.45, 7) is 0.754. The van der Waals surface area contributed by atoms with Crippen LogP contribution in [-0.4, -0.2) is 38.7 Å². The topological polar surface area (TPSA) is 105 Å². The number of amides is 3. The van der Waals surface area contributed by atoms with Crippen molar-refractivity contribution in [3.8, 4) is 0 Å². The van der Waals surface area contributed by atoms with Crippen LogP contribution in [0.4, 0.5) is 16.2 Å². The number of rotatable bonds is 6. The number of carbonyl (C=O) groups excluding carboxylic acids is 2. The second-order valence-electron chi connectivity index (χ2n) is 3.77. The smallest absolute Gasteiger partial charge is 0.319 e. The molecule has 19 heavy (non-hydrogen) atoms. The second kappa shape index (κ2) is 7.93. The third-order valence-electron chi connectivity index (χ3n) is 2.21. The monoisotopic (exact) mass is 266 g/mol. The Hall–Kier alpha value is -2.28.